The minimum atomic E-state index is -4.44. The van der Waals surface area contributed by atoms with Crippen molar-refractivity contribution < 1.29 is 18.0 Å². The van der Waals surface area contributed by atoms with E-state index in [1.807, 2.05) is 18.4 Å². The number of nitrogens with zero attached hydrogens (tertiary/aromatic N) is 3. The molecule has 2 aromatic carbocycles. The molecule has 0 N–H and O–H groups in total. The van der Waals surface area contributed by atoms with E-state index in [-0.39, 0.29) is 16.9 Å². The molecule has 0 aliphatic heterocycles. The third kappa shape index (κ3) is 3.72. The molecule has 0 fully saturated rings. The molecule has 0 spiro atoms. The Kier molecular flexibility index (Phi) is 5.24. The van der Waals surface area contributed by atoms with Gasteiger partial charge in [0.2, 0.25) is 0 Å². The molecule has 4 rings (SSSR count). The molecule has 5 nitrogen and oxygen atoms in total. The molecule has 0 unspecified atom stereocenters. The smallest absolute Gasteiger partial charge is 0.339 e. The average molecular weight is 439 g/mol. The summed E-state index contributed by atoms with van der Waals surface area (Å²) in [6, 6.07) is 11.1. The summed E-state index contributed by atoms with van der Waals surface area (Å²) in [7, 11) is 1.61. The van der Waals surface area contributed by atoms with Crippen LogP contribution in [0.1, 0.15) is 38.3 Å². The first-order valence-electron chi connectivity index (χ1n) is 9.90. The van der Waals surface area contributed by atoms with Gasteiger partial charge in [-0.15, -0.1) is 0 Å². The number of alkyl halides is 3. The monoisotopic (exact) mass is 439 g/mol. The Hall–Kier alpha value is -3.68. The number of halogens is 3. The molecule has 32 heavy (non-hydrogen) atoms. The lowest BCUT2D eigenvalue weighted by atomic mass is 10.0. The van der Waals surface area contributed by atoms with E-state index >= 15 is 0 Å². The van der Waals surface area contributed by atoms with E-state index in [9.17, 15) is 22.8 Å². The minimum Gasteiger partial charge on any atom is -0.339 e. The van der Waals surface area contributed by atoms with Crippen molar-refractivity contribution in [3.05, 3.63) is 98.6 Å². The van der Waals surface area contributed by atoms with Gasteiger partial charge in [-0.3, -0.25) is 9.59 Å². The van der Waals surface area contributed by atoms with Crippen LogP contribution in [0.15, 0.2) is 59.5 Å². The summed E-state index contributed by atoms with van der Waals surface area (Å²) in [5, 5.41) is 4.76. The molecule has 0 atom stereocenters. The summed E-state index contributed by atoms with van der Waals surface area (Å²) in [5.41, 5.74) is 3.14. The number of aryl methyl sites for hydroxylation is 2. The van der Waals surface area contributed by atoms with Crippen molar-refractivity contribution in [3.8, 4) is 0 Å². The predicted octanol–water partition coefficient (Wildman–Crippen LogP) is 4.65. The maximum absolute atomic E-state index is 12.7. The van der Waals surface area contributed by atoms with Crippen molar-refractivity contribution in [1.82, 2.24) is 14.3 Å². The van der Waals surface area contributed by atoms with Gasteiger partial charge >= 0.3 is 6.18 Å². The molecule has 0 aliphatic rings. The summed E-state index contributed by atoms with van der Waals surface area (Å²) in [6.45, 7) is 4.33. The van der Waals surface area contributed by atoms with Gasteiger partial charge in [-0.05, 0) is 37.1 Å². The second-order valence-corrected chi connectivity index (χ2v) is 7.73. The lowest BCUT2D eigenvalue weighted by Crippen LogP contribution is -2.19. The summed E-state index contributed by atoms with van der Waals surface area (Å²) in [5.74, 6) is -0.351. The van der Waals surface area contributed by atoms with Crippen molar-refractivity contribution >= 4 is 16.7 Å². The Morgan fingerprint density at radius 2 is 1.53 bits per heavy atom. The third-order valence-electron chi connectivity index (χ3n) is 5.76. The van der Waals surface area contributed by atoms with Crippen molar-refractivity contribution in [2.75, 3.05) is 0 Å². The van der Waals surface area contributed by atoms with Crippen LogP contribution in [0, 0.1) is 13.8 Å². The first-order valence-corrected chi connectivity index (χ1v) is 9.90. The number of hydrogen-bond donors (Lipinski definition) is 0. The van der Waals surface area contributed by atoms with Crippen molar-refractivity contribution in [1.29, 1.82) is 0 Å². The Labute approximate surface area is 181 Å². The molecule has 4 aromatic rings. The highest BCUT2D eigenvalue weighted by Crippen LogP contribution is 2.29. The number of rotatable bonds is 4. The van der Waals surface area contributed by atoms with Gasteiger partial charge < -0.3 is 4.57 Å². The summed E-state index contributed by atoms with van der Waals surface area (Å²) < 4.78 is 41.5. The molecule has 0 bridgehead atoms. The van der Waals surface area contributed by atoms with Gasteiger partial charge in [0.15, 0.2) is 5.78 Å². The fraction of sp³-hybridized carbons (Fsp3) is 0.208. The van der Waals surface area contributed by atoms with Crippen LogP contribution in [0.3, 0.4) is 0 Å². The van der Waals surface area contributed by atoms with E-state index in [0.717, 1.165) is 34.5 Å². The lowest BCUT2D eigenvalue weighted by Gasteiger charge is -2.10. The van der Waals surface area contributed by atoms with Gasteiger partial charge in [0, 0.05) is 30.4 Å². The second kappa shape index (κ2) is 7.78. The zero-order valence-electron chi connectivity index (χ0n) is 17.7. The standard InChI is InChI=1S/C24H20F3N3O2/c1-14-15(2)30(20-12-28-29(3)23(32)21(14)20)13-16-4-6-17(7-5-16)22(31)18-8-10-19(11-9-18)24(25,26)27/h4-12H,13H2,1-3H3. The normalized spacial score (nSPS) is 11.8. The SMILES string of the molecule is Cc1c(C)n(Cc2ccc(C(=O)c3ccc(C(F)(F)F)cc3)cc2)c2cnn(C)c(=O)c12. The number of aromatic nitrogens is 3. The maximum atomic E-state index is 12.7. The van der Waals surface area contributed by atoms with Crippen molar-refractivity contribution in [2.24, 2.45) is 7.05 Å². The van der Waals surface area contributed by atoms with Crippen LogP contribution >= 0.6 is 0 Å². The molecule has 0 saturated heterocycles. The number of fused-ring (bicyclic) bond motifs is 1. The Bertz CT molecular complexity index is 1380. The zero-order chi connectivity index (χ0) is 23.2. The van der Waals surface area contributed by atoms with E-state index < -0.39 is 11.7 Å². The number of carbonyl (C=O) groups excluding carboxylic acids is 1. The van der Waals surface area contributed by atoms with Gasteiger partial charge in [-0.2, -0.15) is 18.3 Å². The van der Waals surface area contributed by atoms with Gasteiger partial charge in [0.25, 0.3) is 5.56 Å². The summed E-state index contributed by atoms with van der Waals surface area (Å²) >= 11 is 0. The fourth-order valence-electron chi connectivity index (χ4n) is 3.78. The Morgan fingerprint density at radius 1 is 0.969 bits per heavy atom. The highest BCUT2D eigenvalue weighted by atomic mass is 19.4. The maximum Gasteiger partial charge on any atom is 0.416 e. The van der Waals surface area contributed by atoms with Crippen LogP contribution in [0.2, 0.25) is 0 Å². The summed E-state index contributed by atoms with van der Waals surface area (Å²) in [6.07, 6.45) is -2.78. The van der Waals surface area contributed by atoms with E-state index in [1.54, 1.807) is 37.5 Å². The Balaban J connectivity index is 1.60. The van der Waals surface area contributed by atoms with Crippen molar-refractivity contribution in [2.45, 2.75) is 26.6 Å². The first kappa shape index (κ1) is 21.5. The molecule has 2 heterocycles. The number of ketones is 1. The van der Waals surface area contributed by atoms with Gasteiger partial charge in [0.05, 0.1) is 22.7 Å². The molecule has 0 aliphatic carbocycles. The highest BCUT2D eigenvalue weighted by molar-refractivity contribution is 6.09. The highest BCUT2D eigenvalue weighted by Gasteiger charge is 2.30. The lowest BCUT2D eigenvalue weighted by molar-refractivity contribution is -0.137. The second-order valence-electron chi connectivity index (χ2n) is 7.73. The van der Waals surface area contributed by atoms with Crippen LogP contribution in [0.25, 0.3) is 10.9 Å². The predicted molar refractivity (Wildman–Crippen MR) is 115 cm³/mol. The van der Waals surface area contributed by atoms with Gasteiger partial charge in [0.1, 0.15) is 0 Å². The quantitative estimate of drug-likeness (QED) is 0.435. The van der Waals surface area contributed by atoms with Gasteiger partial charge in [-0.1, -0.05) is 36.4 Å². The summed E-state index contributed by atoms with van der Waals surface area (Å²) in [4.78, 5) is 25.1. The molecule has 0 radical (unpaired) electrons. The van der Waals surface area contributed by atoms with Crippen LogP contribution in [-0.2, 0) is 19.8 Å². The molecular formula is C24H20F3N3O2. The third-order valence-corrected chi connectivity index (χ3v) is 5.76. The molecule has 0 saturated carbocycles. The van der Waals surface area contributed by atoms with E-state index in [0.29, 0.717) is 17.5 Å². The largest absolute Gasteiger partial charge is 0.416 e. The number of hydrogen-bond acceptors (Lipinski definition) is 3. The molecular weight excluding hydrogens is 419 g/mol. The first-order chi connectivity index (χ1) is 15.1. The van der Waals surface area contributed by atoms with Crippen molar-refractivity contribution in [3.63, 3.8) is 0 Å². The molecule has 8 heteroatoms. The van der Waals surface area contributed by atoms with Crippen LogP contribution in [0.5, 0.6) is 0 Å². The van der Waals surface area contributed by atoms with Gasteiger partial charge in [-0.25, -0.2) is 4.68 Å². The van der Waals surface area contributed by atoms with Crippen LogP contribution < -0.4 is 5.56 Å². The molecule has 2 aromatic heterocycles. The topological polar surface area (TPSA) is 56.9 Å². The number of benzene rings is 2. The average Bonchev–Trinajstić information content (AvgIpc) is 3.01. The van der Waals surface area contributed by atoms with Crippen LogP contribution in [0.4, 0.5) is 13.2 Å². The molecule has 0 amide bonds. The Morgan fingerprint density at radius 3 is 2.09 bits per heavy atom. The zero-order valence-corrected chi connectivity index (χ0v) is 17.7. The fourth-order valence-corrected chi connectivity index (χ4v) is 3.78. The van der Waals surface area contributed by atoms with Crippen LogP contribution in [-0.4, -0.2) is 20.1 Å². The van der Waals surface area contributed by atoms with E-state index in [4.69, 9.17) is 0 Å². The number of carbonyl (C=O) groups is 1. The molecule has 164 valence electrons. The van der Waals surface area contributed by atoms with E-state index in [1.165, 1.54) is 16.8 Å². The van der Waals surface area contributed by atoms with E-state index in [2.05, 4.69) is 5.10 Å². The minimum absolute atomic E-state index is 0.153.